The van der Waals surface area contributed by atoms with Crippen LogP contribution in [0.4, 0.5) is 5.69 Å². The van der Waals surface area contributed by atoms with Gasteiger partial charge >= 0.3 is 0 Å². The standard InChI is InChI=1S/C18H12NO3/c20-19(21)16-11-9-14(10-12-16)15-5-4-8-18(13-15)22-17-6-2-1-3-7-17/h1-4,6-13H. The summed E-state index contributed by atoms with van der Waals surface area (Å²) in [6, 6.07) is 24.4. The quantitative estimate of drug-likeness (QED) is 0.509. The van der Waals surface area contributed by atoms with Gasteiger partial charge < -0.3 is 4.74 Å². The van der Waals surface area contributed by atoms with Crippen LogP contribution in [-0.2, 0) is 0 Å². The second kappa shape index (κ2) is 6.10. The van der Waals surface area contributed by atoms with Crippen molar-refractivity contribution in [1.29, 1.82) is 0 Å². The molecule has 0 aromatic heterocycles. The Morgan fingerprint density at radius 2 is 1.64 bits per heavy atom. The van der Waals surface area contributed by atoms with Gasteiger partial charge in [0.1, 0.15) is 11.5 Å². The Kier molecular flexibility index (Phi) is 3.83. The highest BCUT2D eigenvalue weighted by molar-refractivity contribution is 5.65. The van der Waals surface area contributed by atoms with Crippen molar-refractivity contribution in [2.24, 2.45) is 0 Å². The topological polar surface area (TPSA) is 52.4 Å². The Hall–Kier alpha value is -3.14. The van der Waals surface area contributed by atoms with E-state index in [-0.39, 0.29) is 5.69 Å². The second-order valence-electron chi connectivity index (χ2n) is 4.66. The molecule has 107 valence electrons. The molecule has 4 nitrogen and oxygen atoms in total. The van der Waals surface area contributed by atoms with E-state index in [0.717, 1.165) is 16.9 Å². The van der Waals surface area contributed by atoms with Gasteiger partial charge in [-0.15, -0.1) is 0 Å². The number of benzene rings is 3. The molecular formula is C18H12NO3. The van der Waals surface area contributed by atoms with E-state index in [0.29, 0.717) is 5.75 Å². The van der Waals surface area contributed by atoms with Crippen LogP contribution in [0.25, 0.3) is 11.1 Å². The molecule has 0 unspecified atom stereocenters. The van der Waals surface area contributed by atoms with E-state index in [4.69, 9.17) is 4.74 Å². The van der Waals surface area contributed by atoms with Gasteiger partial charge in [0.15, 0.2) is 0 Å². The molecule has 0 N–H and O–H groups in total. The molecule has 0 amide bonds. The lowest BCUT2D eigenvalue weighted by Gasteiger charge is -2.07. The molecule has 0 aliphatic carbocycles. The third-order valence-corrected chi connectivity index (χ3v) is 3.14. The van der Waals surface area contributed by atoms with Gasteiger partial charge in [-0.05, 0) is 53.6 Å². The van der Waals surface area contributed by atoms with Crippen molar-refractivity contribution in [1.82, 2.24) is 0 Å². The molecule has 4 heteroatoms. The van der Waals surface area contributed by atoms with Crippen molar-refractivity contribution in [2.45, 2.75) is 0 Å². The molecule has 0 bridgehead atoms. The molecule has 0 aliphatic rings. The first-order chi connectivity index (χ1) is 10.7. The Bertz CT molecular complexity index is 783. The summed E-state index contributed by atoms with van der Waals surface area (Å²) >= 11 is 0. The van der Waals surface area contributed by atoms with Crippen LogP contribution in [0, 0.1) is 16.2 Å². The SMILES string of the molecule is O=[N+]([O-])c1ccc(-c2[c]ccc(Oc3ccccc3)c2)cc1. The van der Waals surface area contributed by atoms with Gasteiger partial charge in [-0.3, -0.25) is 10.1 Å². The van der Waals surface area contributed by atoms with Gasteiger partial charge in [0, 0.05) is 12.1 Å². The lowest BCUT2D eigenvalue weighted by Crippen LogP contribution is -1.88. The van der Waals surface area contributed by atoms with Crippen molar-refractivity contribution in [2.75, 3.05) is 0 Å². The fourth-order valence-corrected chi connectivity index (χ4v) is 2.06. The summed E-state index contributed by atoms with van der Waals surface area (Å²) < 4.78 is 5.77. The first kappa shape index (κ1) is 13.8. The fraction of sp³-hybridized carbons (Fsp3) is 0. The Morgan fingerprint density at radius 3 is 2.32 bits per heavy atom. The Labute approximate surface area is 127 Å². The van der Waals surface area contributed by atoms with E-state index in [1.165, 1.54) is 12.1 Å². The zero-order chi connectivity index (χ0) is 15.4. The maximum absolute atomic E-state index is 10.7. The average molecular weight is 290 g/mol. The smallest absolute Gasteiger partial charge is 0.269 e. The summed E-state index contributed by atoms with van der Waals surface area (Å²) in [6.07, 6.45) is 0. The van der Waals surface area contributed by atoms with E-state index in [1.54, 1.807) is 18.2 Å². The van der Waals surface area contributed by atoms with Crippen LogP contribution in [0.3, 0.4) is 0 Å². The van der Waals surface area contributed by atoms with Crippen LogP contribution in [0.5, 0.6) is 11.5 Å². The minimum absolute atomic E-state index is 0.0699. The molecule has 0 atom stereocenters. The molecule has 3 aromatic rings. The summed E-state index contributed by atoms with van der Waals surface area (Å²) in [5.74, 6) is 1.45. The minimum atomic E-state index is -0.414. The van der Waals surface area contributed by atoms with Crippen molar-refractivity contribution >= 4 is 5.69 Å². The van der Waals surface area contributed by atoms with Gasteiger partial charge in [0.25, 0.3) is 5.69 Å². The van der Waals surface area contributed by atoms with Gasteiger partial charge in [0.2, 0.25) is 0 Å². The number of nitro benzene ring substituents is 1. The predicted molar refractivity (Wildman–Crippen MR) is 83.9 cm³/mol. The van der Waals surface area contributed by atoms with Crippen LogP contribution in [0.1, 0.15) is 0 Å². The molecule has 0 heterocycles. The van der Waals surface area contributed by atoms with Crippen molar-refractivity contribution < 1.29 is 9.66 Å². The molecule has 0 spiro atoms. The van der Waals surface area contributed by atoms with Gasteiger partial charge in [0.05, 0.1) is 4.92 Å². The number of para-hydroxylation sites is 1. The van der Waals surface area contributed by atoms with Gasteiger partial charge in [-0.1, -0.05) is 24.3 Å². The number of nitro groups is 1. The highest BCUT2D eigenvalue weighted by atomic mass is 16.6. The molecule has 1 radical (unpaired) electrons. The van der Waals surface area contributed by atoms with E-state index in [1.807, 2.05) is 42.5 Å². The van der Waals surface area contributed by atoms with Crippen molar-refractivity contribution in [3.63, 3.8) is 0 Å². The highest BCUT2D eigenvalue weighted by Crippen LogP contribution is 2.27. The molecule has 0 fully saturated rings. The molecule has 0 aliphatic heterocycles. The zero-order valence-corrected chi connectivity index (χ0v) is 11.6. The molecule has 3 rings (SSSR count). The lowest BCUT2D eigenvalue weighted by molar-refractivity contribution is -0.384. The summed E-state index contributed by atoms with van der Waals surface area (Å²) in [4.78, 5) is 10.3. The minimum Gasteiger partial charge on any atom is -0.457 e. The summed E-state index contributed by atoms with van der Waals surface area (Å²) in [7, 11) is 0. The number of hydrogen-bond acceptors (Lipinski definition) is 3. The van der Waals surface area contributed by atoms with E-state index in [2.05, 4.69) is 6.07 Å². The van der Waals surface area contributed by atoms with E-state index in [9.17, 15) is 10.1 Å². The van der Waals surface area contributed by atoms with Crippen LogP contribution in [0.15, 0.2) is 72.8 Å². The second-order valence-corrected chi connectivity index (χ2v) is 4.66. The zero-order valence-electron chi connectivity index (χ0n) is 11.6. The average Bonchev–Trinajstić information content (AvgIpc) is 2.56. The van der Waals surface area contributed by atoms with Crippen molar-refractivity contribution in [3.05, 3.63) is 89.0 Å². The molecule has 0 saturated heterocycles. The molecule has 22 heavy (non-hydrogen) atoms. The number of ether oxygens (including phenoxy) is 1. The van der Waals surface area contributed by atoms with E-state index < -0.39 is 4.92 Å². The highest BCUT2D eigenvalue weighted by Gasteiger charge is 2.06. The Balaban J connectivity index is 1.86. The fourth-order valence-electron chi connectivity index (χ4n) is 2.06. The van der Waals surface area contributed by atoms with E-state index >= 15 is 0 Å². The lowest BCUT2D eigenvalue weighted by atomic mass is 10.1. The van der Waals surface area contributed by atoms with Crippen molar-refractivity contribution in [3.8, 4) is 22.6 Å². The van der Waals surface area contributed by atoms with Crippen LogP contribution >= 0.6 is 0 Å². The van der Waals surface area contributed by atoms with Crippen LogP contribution in [-0.4, -0.2) is 4.92 Å². The third kappa shape index (κ3) is 3.12. The monoisotopic (exact) mass is 290 g/mol. The summed E-state index contributed by atoms with van der Waals surface area (Å²) in [6.45, 7) is 0. The number of hydrogen-bond donors (Lipinski definition) is 0. The summed E-state index contributed by atoms with van der Waals surface area (Å²) in [5.41, 5.74) is 1.74. The summed E-state index contributed by atoms with van der Waals surface area (Å²) in [5, 5.41) is 10.7. The first-order valence-electron chi connectivity index (χ1n) is 6.72. The Morgan fingerprint density at radius 1 is 0.909 bits per heavy atom. The maximum Gasteiger partial charge on any atom is 0.269 e. The maximum atomic E-state index is 10.7. The third-order valence-electron chi connectivity index (χ3n) is 3.14. The normalized spacial score (nSPS) is 10.2. The van der Waals surface area contributed by atoms with Crippen LogP contribution in [0.2, 0.25) is 0 Å². The largest absolute Gasteiger partial charge is 0.457 e. The predicted octanol–water partition coefficient (Wildman–Crippen LogP) is 4.85. The first-order valence-corrected chi connectivity index (χ1v) is 6.72. The molecular weight excluding hydrogens is 278 g/mol. The molecule has 0 saturated carbocycles. The van der Waals surface area contributed by atoms with Gasteiger partial charge in [-0.2, -0.15) is 0 Å². The van der Waals surface area contributed by atoms with Gasteiger partial charge in [-0.25, -0.2) is 0 Å². The van der Waals surface area contributed by atoms with Crippen LogP contribution < -0.4 is 4.74 Å². The number of nitrogens with zero attached hydrogens (tertiary/aromatic N) is 1. The number of non-ortho nitro benzene ring substituents is 1. The molecule has 3 aromatic carbocycles. The number of rotatable bonds is 4.